The van der Waals surface area contributed by atoms with E-state index in [2.05, 4.69) is 6.07 Å². The van der Waals surface area contributed by atoms with Crippen molar-refractivity contribution in [3.63, 3.8) is 0 Å². The molecule has 0 amide bonds. The zero-order valence-electron chi connectivity index (χ0n) is 5.19. The minimum absolute atomic E-state index is 0. The second kappa shape index (κ2) is 4.13. The molecule has 0 atom stereocenters. The van der Waals surface area contributed by atoms with Crippen molar-refractivity contribution in [2.75, 3.05) is 0 Å². The van der Waals surface area contributed by atoms with Crippen molar-refractivity contribution < 1.29 is 37.1 Å². The van der Waals surface area contributed by atoms with Crippen LogP contribution in [0.3, 0.4) is 0 Å². The summed E-state index contributed by atoms with van der Waals surface area (Å²) in [6, 6.07) is 7.17. The second-order valence-electron chi connectivity index (χ2n) is 1.73. The summed E-state index contributed by atoms with van der Waals surface area (Å²) < 4.78 is 12.1. The Morgan fingerprint density at radius 2 is 2.11 bits per heavy atom. The van der Waals surface area contributed by atoms with E-state index in [4.69, 9.17) is 0 Å². The van der Waals surface area contributed by atoms with Gasteiger partial charge in [0.05, 0.1) is 0 Å². The molecule has 0 spiro atoms. The number of hydrogen-bond acceptors (Lipinski definition) is 0. The Morgan fingerprint density at radius 1 is 1.44 bits per heavy atom. The third-order valence-electron chi connectivity index (χ3n) is 0.898. The molecule has 0 unspecified atom stereocenters. The van der Waals surface area contributed by atoms with Gasteiger partial charge in [-0.3, -0.25) is 4.39 Å². The van der Waals surface area contributed by atoms with Crippen LogP contribution in [-0.4, -0.2) is 0 Å². The van der Waals surface area contributed by atoms with Crippen LogP contribution < -0.4 is 0 Å². The standard InChI is InChI=1S/C7H6F.Y/c1-6-3-2-4-7(8)5-6;/h3-5H,1H3;/q-1;. The first-order valence-corrected chi connectivity index (χ1v) is 2.42. The van der Waals surface area contributed by atoms with Gasteiger partial charge in [-0.2, -0.15) is 17.7 Å². The molecule has 9 heavy (non-hydrogen) atoms. The maximum atomic E-state index is 12.1. The summed E-state index contributed by atoms with van der Waals surface area (Å²) in [5.74, 6) is -0.218. The van der Waals surface area contributed by atoms with Gasteiger partial charge in [-0.15, -0.1) is 12.1 Å². The van der Waals surface area contributed by atoms with E-state index < -0.39 is 0 Å². The molecule has 0 fully saturated rings. The molecule has 0 aliphatic heterocycles. The van der Waals surface area contributed by atoms with Gasteiger partial charge in [-0.1, -0.05) is 6.92 Å². The van der Waals surface area contributed by atoms with Crippen molar-refractivity contribution in [3.05, 3.63) is 35.6 Å². The van der Waals surface area contributed by atoms with Gasteiger partial charge >= 0.3 is 0 Å². The summed E-state index contributed by atoms with van der Waals surface area (Å²) in [6.45, 7) is 1.83. The van der Waals surface area contributed by atoms with Gasteiger partial charge in [-0.25, -0.2) is 0 Å². The van der Waals surface area contributed by atoms with Crippen molar-refractivity contribution in [2.45, 2.75) is 6.92 Å². The van der Waals surface area contributed by atoms with E-state index >= 15 is 0 Å². The number of hydrogen-bond donors (Lipinski definition) is 0. The quantitative estimate of drug-likeness (QED) is 0.558. The monoisotopic (exact) mass is 198 g/mol. The predicted octanol–water partition coefficient (Wildman–Crippen LogP) is 1.93. The molecule has 1 aromatic rings. The van der Waals surface area contributed by atoms with E-state index in [1.165, 1.54) is 12.1 Å². The van der Waals surface area contributed by atoms with Crippen LogP contribution in [0, 0.1) is 18.8 Å². The van der Waals surface area contributed by atoms with E-state index in [0.717, 1.165) is 5.56 Å². The number of rotatable bonds is 0. The van der Waals surface area contributed by atoms with Gasteiger partial charge in [0.1, 0.15) is 0 Å². The van der Waals surface area contributed by atoms with Crippen LogP contribution in [0.4, 0.5) is 4.39 Å². The van der Waals surface area contributed by atoms with Crippen molar-refractivity contribution in [1.82, 2.24) is 0 Å². The Balaban J connectivity index is 0.000000640. The molecule has 1 radical (unpaired) electrons. The van der Waals surface area contributed by atoms with Crippen molar-refractivity contribution in [1.29, 1.82) is 0 Å². The molecule has 0 nitrogen and oxygen atoms in total. The van der Waals surface area contributed by atoms with E-state index in [1.807, 2.05) is 6.92 Å². The Morgan fingerprint density at radius 3 is 2.44 bits per heavy atom. The van der Waals surface area contributed by atoms with Crippen LogP contribution in [-0.2, 0) is 32.7 Å². The molecule has 2 heteroatoms. The largest absolute Gasteiger partial charge is 0.284 e. The van der Waals surface area contributed by atoms with E-state index in [0.29, 0.717) is 0 Å². The fourth-order valence-electron chi connectivity index (χ4n) is 0.554. The summed E-state index contributed by atoms with van der Waals surface area (Å²) in [5, 5.41) is 0. The zero-order chi connectivity index (χ0) is 5.98. The smallest absolute Gasteiger partial charge is 0.00896 e. The number of aryl methyl sites for hydroxylation is 1. The summed E-state index contributed by atoms with van der Waals surface area (Å²) in [6.07, 6.45) is 0. The van der Waals surface area contributed by atoms with Gasteiger partial charge < -0.3 is 0 Å². The minimum Gasteiger partial charge on any atom is -0.284 e. The molecule has 1 rings (SSSR count). The topological polar surface area (TPSA) is 0 Å². The van der Waals surface area contributed by atoms with E-state index in [9.17, 15) is 4.39 Å². The first kappa shape index (κ1) is 9.25. The fourth-order valence-corrected chi connectivity index (χ4v) is 0.554. The van der Waals surface area contributed by atoms with E-state index in [-0.39, 0.29) is 38.5 Å². The first-order valence-electron chi connectivity index (χ1n) is 2.42. The maximum Gasteiger partial charge on any atom is 0.00896 e. The van der Waals surface area contributed by atoms with Crippen molar-refractivity contribution in [3.8, 4) is 0 Å². The predicted molar refractivity (Wildman–Crippen MR) is 30.0 cm³/mol. The second-order valence-corrected chi connectivity index (χ2v) is 1.73. The third-order valence-corrected chi connectivity index (χ3v) is 0.898. The molecule has 0 aliphatic carbocycles. The Labute approximate surface area is 79.3 Å². The molecule has 0 heterocycles. The molecule has 0 saturated carbocycles. The van der Waals surface area contributed by atoms with Gasteiger partial charge in [0.2, 0.25) is 0 Å². The Bertz CT molecular complexity index is 169. The summed E-state index contributed by atoms with van der Waals surface area (Å²) >= 11 is 0. The molecule has 45 valence electrons. The molecule has 0 aliphatic rings. The van der Waals surface area contributed by atoms with Gasteiger partial charge in [0.15, 0.2) is 0 Å². The average molecular weight is 198 g/mol. The molecule has 1 aromatic carbocycles. The SMILES string of the molecule is Cc1c[c-]cc(F)c1.[Y]. The zero-order valence-corrected chi connectivity index (χ0v) is 8.03. The molecule has 0 bridgehead atoms. The number of halogens is 1. The van der Waals surface area contributed by atoms with Gasteiger partial charge in [0, 0.05) is 38.5 Å². The molecule has 0 aromatic heterocycles. The van der Waals surface area contributed by atoms with Crippen LogP contribution in [0.15, 0.2) is 18.2 Å². The maximum absolute atomic E-state index is 12.1. The van der Waals surface area contributed by atoms with Crippen LogP contribution in [0.5, 0.6) is 0 Å². The molecule has 0 saturated heterocycles. The van der Waals surface area contributed by atoms with Gasteiger partial charge in [0.25, 0.3) is 0 Å². The van der Waals surface area contributed by atoms with Crippen LogP contribution in [0.1, 0.15) is 5.56 Å². The summed E-state index contributed by atoms with van der Waals surface area (Å²) in [5.41, 5.74) is 0.907. The third kappa shape index (κ3) is 3.07. The fraction of sp³-hybridized carbons (Fsp3) is 0.143. The summed E-state index contributed by atoms with van der Waals surface area (Å²) in [4.78, 5) is 0. The van der Waals surface area contributed by atoms with Crippen molar-refractivity contribution in [2.24, 2.45) is 0 Å². The van der Waals surface area contributed by atoms with Crippen LogP contribution >= 0.6 is 0 Å². The first-order chi connectivity index (χ1) is 3.79. The Kier molecular flexibility index (Phi) is 4.25. The van der Waals surface area contributed by atoms with Gasteiger partial charge in [-0.05, 0) is 0 Å². The Hall–Kier alpha value is 0.254. The molecular weight excluding hydrogens is 192 g/mol. The van der Waals surface area contributed by atoms with Crippen LogP contribution in [0.2, 0.25) is 0 Å². The normalized spacial score (nSPS) is 8.22. The average Bonchev–Trinajstić information content (AvgIpc) is 1.64. The molecule has 0 N–H and O–H groups in total. The van der Waals surface area contributed by atoms with Crippen molar-refractivity contribution >= 4 is 0 Å². The summed E-state index contributed by atoms with van der Waals surface area (Å²) in [7, 11) is 0. The van der Waals surface area contributed by atoms with Crippen LogP contribution in [0.25, 0.3) is 0 Å². The van der Waals surface area contributed by atoms with E-state index in [1.54, 1.807) is 6.07 Å². The minimum atomic E-state index is -0.218. The number of benzene rings is 1. The molecular formula is C7H6FY-.